The molecule has 2 heterocycles. The van der Waals surface area contributed by atoms with Gasteiger partial charge in [-0.25, -0.2) is 0 Å². The van der Waals surface area contributed by atoms with Crippen molar-refractivity contribution in [3.05, 3.63) is 271 Å². The summed E-state index contributed by atoms with van der Waals surface area (Å²) in [5.74, 6) is 1.83. The van der Waals surface area contributed by atoms with Crippen LogP contribution in [0.1, 0.15) is 22.3 Å². The summed E-state index contributed by atoms with van der Waals surface area (Å²) in [7, 11) is 0. The van der Waals surface area contributed by atoms with E-state index in [0.717, 1.165) is 50.8 Å². The number of thiophene rings is 1. The van der Waals surface area contributed by atoms with Gasteiger partial charge in [0, 0.05) is 59.4 Å². The van der Waals surface area contributed by atoms with Crippen LogP contribution in [0.3, 0.4) is 0 Å². The van der Waals surface area contributed by atoms with Crippen LogP contribution >= 0.6 is 11.3 Å². The van der Waals surface area contributed by atoms with Gasteiger partial charge in [0.1, 0.15) is 11.5 Å². The Labute approximate surface area is 399 Å². The van der Waals surface area contributed by atoms with E-state index in [9.17, 15) is 0 Å². The molecule has 3 heteroatoms. The second-order valence-corrected chi connectivity index (χ2v) is 19.0. The molecule has 0 saturated carbocycles. The van der Waals surface area contributed by atoms with E-state index in [-0.39, 0.29) is 0 Å². The lowest BCUT2D eigenvalue weighted by atomic mass is 9.69. The largest absolute Gasteiger partial charge is 0.455 e. The first-order valence-electron chi connectivity index (χ1n) is 23.3. The Morgan fingerprint density at radius 1 is 0.338 bits per heavy atom. The molecule has 12 aromatic rings. The van der Waals surface area contributed by atoms with Gasteiger partial charge in [-0.1, -0.05) is 206 Å². The molecule has 1 unspecified atom stereocenters. The Balaban J connectivity index is 1.01. The fourth-order valence-corrected chi connectivity index (χ4v) is 12.5. The number of hydrogen-bond donors (Lipinski definition) is 0. The molecule has 2 aliphatic carbocycles. The van der Waals surface area contributed by atoms with Crippen LogP contribution in [0.15, 0.2) is 253 Å². The summed E-state index contributed by atoms with van der Waals surface area (Å²) in [6, 6.07) is 91.0. The van der Waals surface area contributed by atoms with Crippen molar-refractivity contribution in [2.75, 3.05) is 4.90 Å². The van der Waals surface area contributed by atoms with Gasteiger partial charge in [-0.2, -0.15) is 0 Å². The molecule has 2 aliphatic rings. The van der Waals surface area contributed by atoms with Crippen LogP contribution in [0.5, 0.6) is 0 Å². The molecular formula is C65H41NOS. The van der Waals surface area contributed by atoms with E-state index in [4.69, 9.17) is 4.42 Å². The van der Waals surface area contributed by atoms with Gasteiger partial charge in [-0.3, -0.25) is 0 Å². The number of rotatable bonds is 7. The lowest BCUT2D eigenvalue weighted by molar-refractivity contribution is 0.596. The minimum atomic E-state index is -0.662. The molecule has 2 aromatic heterocycles. The second kappa shape index (κ2) is 15.3. The minimum Gasteiger partial charge on any atom is -0.455 e. The molecule has 10 aromatic carbocycles. The number of furan rings is 1. The fourth-order valence-electron chi connectivity index (χ4n) is 11.4. The van der Waals surface area contributed by atoms with Crippen LogP contribution in [-0.2, 0) is 5.41 Å². The third-order valence-corrected chi connectivity index (χ3v) is 15.5. The van der Waals surface area contributed by atoms with Crippen molar-refractivity contribution in [1.82, 2.24) is 0 Å². The van der Waals surface area contributed by atoms with Crippen molar-refractivity contribution < 1.29 is 4.42 Å². The maximum absolute atomic E-state index is 7.29. The maximum atomic E-state index is 7.29. The average Bonchev–Trinajstić information content (AvgIpc) is 4.15. The average molecular weight is 884 g/mol. The number of hydrogen-bond acceptors (Lipinski definition) is 3. The Bertz CT molecular complexity index is 3890. The van der Waals surface area contributed by atoms with Crippen molar-refractivity contribution in [2.24, 2.45) is 0 Å². The lowest BCUT2D eigenvalue weighted by Gasteiger charge is -2.32. The van der Waals surface area contributed by atoms with Crippen molar-refractivity contribution in [1.29, 1.82) is 0 Å². The summed E-state index contributed by atoms with van der Waals surface area (Å²) in [5.41, 5.74) is 19.3. The van der Waals surface area contributed by atoms with Gasteiger partial charge in [0.15, 0.2) is 0 Å². The number of benzene rings is 10. The quantitative estimate of drug-likeness (QED) is 0.159. The SMILES string of the molecule is c1ccc(-c2ccc(-c3ccc(N(c4ccc5sc6ccccc6c5c4)c4cccc5c4-c4ccccc4C54c5ccccc5-c5oc(-c6ccccc6)c(-c6ccccc6)c54)cc3)cc2)cc1. The van der Waals surface area contributed by atoms with E-state index in [1.54, 1.807) is 0 Å². The zero-order valence-corrected chi connectivity index (χ0v) is 37.8. The molecule has 0 aliphatic heterocycles. The van der Waals surface area contributed by atoms with Crippen LogP contribution in [-0.4, -0.2) is 0 Å². The highest BCUT2D eigenvalue weighted by atomic mass is 32.1. The molecule has 2 nitrogen and oxygen atoms in total. The Morgan fingerprint density at radius 3 is 1.56 bits per heavy atom. The van der Waals surface area contributed by atoms with Gasteiger partial charge in [0.25, 0.3) is 0 Å². The highest BCUT2D eigenvalue weighted by Gasteiger charge is 2.56. The zero-order valence-electron chi connectivity index (χ0n) is 36.9. The molecule has 0 bridgehead atoms. The molecule has 0 saturated heterocycles. The summed E-state index contributed by atoms with van der Waals surface area (Å²) in [6.07, 6.45) is 0. The molecule has 0 amide bonds. The zero-order chi connectivity index (χ0) is 44.8. The second-order valence-electron chi connectivity index (χ2n) is 17.9. The Hall–Kier alpha value is -8.50. The number of anilines is 3. The van der Waals surface area contributed by atoms with Gasteiger partial charge >= 0.3 is 0 Å². The predicted octanol–water partition coefficient (Wildman–Crippen LogP) is 18.1. The fraction of sp³-hybridized carbons (Fsp3) is 0.0154. The molecular weight excluding hydrogens is 843 g/mol. The van der Waals surface area contributed by atoms with Crippen molar-refractivity contribution >= 4 is 48.6 Å². The first-order chi connectivity index (χ1) is 33.7. The van der Waals surface area contributed by atoms with E-state index >= 15 is 0 Å². The van der Waals surface area contributed by atoms with Crippen molar-refractivity contribution in [3.63, 3.8) is 0 Å². The summed E-state index contributed by atoms with van der Waals surface area (Å²) in [4.78, 5) is 2.49. The minimum absolute atomic E-state index is 0.662. The summed E-state index contributed by atoms with van der Waals surface area (Å²) < 4.78 is 9.87. The first kappa shape index (κ1) is 38.7. The topological polar surface area (TPSA) is 16.4 Å². The van der Waals surface area contributed by atoms with Gasteiger partial charge in [-0.15, -0.1) is 11.3 Å². The number of nitrogens with zero attached hydrogens (tertiary/aromatic N) is 1. The van der Waals surface area contributed by atoms with E-state index in [1.165, 1.54) is 75.8 Å². The molecule has 0 radical (unpaired) electrons. The molecule has 14 rings (SSSR count). The number of fused-ring (bicyclic) bond motifs is 13. The Morgan fingerprint density at radius 2 is 0.853 bits per heavy atom. The smallest absolute Gasteiger partial charge is 0.142 e. The molecule has 0 fully saturated rings. The monoisotopic (exact) mass is 883 g/mol. The summed E-state index contributed by atoms with van der Waals surface area (Å²) in [5, 5.41) is 2.55. The van der Waals surface area contributed by atoms with Crippen LogP contribution in [0.2, 0.25) is 0 Å². The molecule has 1 spiro atoms. The van der Waals surface area contributed by atoms with Crippen LogP contribution in [0.4, 0.5) is 17.1 Å². The third kappa shape index (κ3) is 5.70. The molecule has 1 atom stereocenters. The lowest BCUT2D eigenvalue weighted by Crippen LogP contribution is -2.26. The molecule has 318 valence electrons. The van der Waals surface area contributed by atoms with Crippen LogP contribution in [0, 0.1) is 0 Å². The summed E-state index contributed by atoms with van der Waals surface area (Å²) >= 11 is 1.86. The first-order valence-corrected chi connectivity index (χ1v) is 24.1. The van der Waals surface area contributed by atoms with Crippen LogP contribution < -0.4 is 4.90 Å². The van der Waals surface area contributed by atoms with E-state index in [1.807, 2.05) is 11.3 Å². The van der Waals surface area contributed by atoms with E-state index in [0.29, 0.717) is 0 Å². The molecule has 0 N–H and O–H groups in total. The predicted molar refractivity (Wildman–Crippen MR) is 284 cm³/mol. The van der Waals surface area contributed by atoms with Crippen molar-refractivity contribution in [2.45, 2.75) is 5.41 Å². The normalized spacial score (nSPS) is 14.2. The van der Waals surface area contributed by atoms with E-state index in [2.05, 4.69) is 254 Å². The van der Waals surface area contributed by atoms with Gasteiger partial charge in [0.2, 0.25) is 0 Å². The van der Waals surface area contributed by atoms with Crippen LogP contribution in [0.25, 0.3) is 87.3 Å². The molecule has 68 heavy (non-hydrogen) atoms. The highest BCUT2D eigenvalue weighted by molar-refractivity contribution is 7.25. The highest BCUT2D eigenvalue weighted by Crippen LogP contribution is 2.68. The van der Waals surface area contributed by atoms with Crippen molar-refractivity contribution in [3.8, 4) is 67.2 Å². The third-order valence-electron chi connectivity index (χ3n) is 14.3. The van der Waals surface area contributed by atoms with Gasteiger partial charge < -0.3 is 9.32 Å². The summed E-state index contributed by atoms with van der Waals surface area (Å²) in [6.45, 7) is 0. The van der Waals surface area contributed by atoms with Gasteiger partial charge in [0.05, 0.1) is 11.1 Å². The maximum Gasteiger partial charge on any atom is 0.142 e. The standard InChI is InChI=1S/C65H41NOS/c1-4-17-42(18-5-1)43-31-33-44(34-32-43)45-35-37-48(38-36-45)66(49-39-40-59-53(41-49)50-23-12-15-30-58(50)68-59)57-29-16-28-56-61(57)51-24-10-13-26-54(51)65(56)55-27-14-11-25-52(55)64-62(65)60(46-19-6-2-7-20-46)63(67-64)47-21-8-3-9-22-47/h1-41H. The van der Waals surface area contributed by atoms with Gasteiger partial charge in [-0.05, 0) is 92.5 Å². The van der Waals surface area contributed by atoms with E-state index < -0.39 is 5.41 Å². The Kier molecular flexibility index (Phi) is 8.71.